The van der Waals surface area contributed by atoms with E-state index in [4.69, 9.17) is 9.84 Å². The normalized spacial score (nSPS) is 10.4. The number of aryl methyl sites for hydroxylation is 2. The molecule has 0 unspecified atom stereocenters. The molecule has 16 heavy (non-hydrogen) atoms. The lowest BCUT2D eigenvalue weighted by Gasteiger charge is -1.99. The van der Waals surface area contributed by atoms with Gasteiger partial charge in [0.15, 0.2) is 5.75 Å². The standard InChI is InChI=1S/C11H18N2O3/c1-3-5-6-7-9-10(16-11(14)15)8-13(4-2)12-9/h8H,3-7H2,1-2H3,(H,14,15). The molecule has 1 rings (SSSR count). The summed E-state index contributed by atoms with van der Waals surface area (Å²) < 4.78 is 6.39. The number of rotatable bonds is 6. The van der Waals surface area contributed by atoms with E-state index in [-0.39, 0.29) is 0 Å². The molecule has 1 N–H and O–H groups in total. The van der Waals surface area contributed by atoms with E-state index in [0.29, 0.717) is 12.3 Å². The van der Waals surface area contributed by atoms with E-state index in [2.05, 4.69) is 12.0 Å². The van der Waals surface area contributed by atoms with E-state index in [1.165, 1.54) is 0 Å². The summed E-state index contributed by atoms with van der Waals surface area (Å²) in [4.78, 5) is 10.5. The van der Waals surface area contributed by atoms with Crippen LogP contribution < -0.4 is 4.74 Å². The molecule has 0 bridgehead atoms. The fourth-order valence-corrected chi connectivity index (χ4v) is 1.50. The highest BCUT2D eigenvalue weighted by Crippen LogP contribution is 2.19. The van der Waals surface area contributed by atoms with Gasteiger partial charge in [-0.2, -0.15) is 5.10 Å². The Bertz CT molecular complexity index is 347. The molecule has 0 atom stereocenters. The lowest BCUT2D eigenvalue weighted by molar-refractivity contribution is 0.144. The van der Waals surface area contributed by atoms with Crippen molar-refractivity contribution in [3.8, 4) is 5.75 Å². The van der Waals surface area contributed by atoms with Crippen molar-refractivity contribution in [2.24, 2.45) is 0 Å². The van der Waals surface area contributed by atoms with Gasteiger partial charge in [-0.15, -0.1) is 0 Å². The van der Waals surface area contributed by atoms with Gasteiger partial charge in [-0.3, -0.25) is 4.68 Å². The van der Waals surface area contributed by atoms with Crippen LogP contribution in [0.3, 0.4) is 0 Å². The monoisotopic (exact) mass is 226 g/mol. The van der Waals surface area contributed by atoms with Crippen molar-refractivity contribution in [3.05, 3.63) is 11.9 Å². The topological polar surface area (TPSA) is 64.4 Å². The molecule has 1 heterocycles. The van der Waals surface area contributed by atoms with Crippen LogP contribution in [0, 0.1) is 0 Å². The van der Waals surface area contributed by atoms with E-state index in [0.717, 1.165) is 31.4 Å². The highest BCUT2D eigenvalue weighted by atomic mass is 16.7. The van der Waals surface area contributed by atoms with Crippen molar-refractivity contribution in [1.82, 2.24) is 9.78 Å². The molecule has 0 aliphatic rings. The molecule has 0 aromatic carbocycles. The van der Waals surface area contributed by atoms with Crippen LogP contribution in [-0.2, 0) is 13.0 Å². The van der Waals surface area contributed by atoms with Crippen LogP contribution in [-0.4, -0.2) is 21.0 Å². The Morgan fingerprint density at radius 2 is 2.25 bits per heavy atom. The molecule has 0 spiro atoms. The SMILES string of the molecule is CCCCCc1nn(CC)cc1OC(=O)O. The molecule has 90 valence electrons. The number of carbonyl (C=O) groups is 1. The van der Waals surface area contributed by atoms with Crippen molar-refractivity contribution >= 4 is 6.16 Å². The maximum Gasteiger partial charge on any atom is 0.511 e. The average Bonchev–Trinajstić information content (AvgIpc) is 2.60. The Labute approximate surface area is 95.0 Å². The van der Waals surface area contributed by atoms with Crippen molar-refractivity contribution < 1.29 is 14.6 Å². The van der Waals surface area contributed by atoms with E-state index in [1.807, 2.05) is 6.92 Å². The highest BCUT2D eigenvalue weighted by molar-refractivity contribution is 5.61. The molecule has 1 aromatic heterocycles. The van der Waals surface area contributed by atoms with Gasteiger partial charge in [0.2, 0.25) is 0 Å². The number of unbranched alkanes of at least 4 members (excludes halogenated alkanes) is 2. The zero-order valence-electron chi connectivity index (χ0n) is 9.77. The molecule has 1 aromatic rings. The molecule has 0 radical (unpaired) electrons. The van der Waals surface area contributed by atoms with E-state index in [1.54, 1.807) is 10.9 Å². The van der Waals surface area contributed by atoms with Gasteiger partial charge in [-0.1, -0.05) is 19.8 Å². The quantitative estimate of drug-likeness (QED) is 0.598. The van der Waals surface area contributed by atoms with E-state index in [9.17, 15) is 4.79 Å². The summed E-state index contributed by atoms with van der Waals surface area (Å²) in [6.07, 6.45) is 4.37. The van der Waals surface area contributed by atoms with Crippen molar-refractivity contribution in [2.75, 3.05) is 0 Å². The van der Waals surface area contributed by atoms with E-state index < -0.39 is 6.16 Å². The molecule has 0 fully saturated rings. The second-order valence-electron chi connectivity index (χ2n) is 3.62. The van der Waals surface area contributed by atoms with Crippen molar-refractivity contribution in [2.45, 2.75) is 46.1 Å². The number of nitrogens with zero attached hydrogens (tertiary/aromatic N) is 2. The highest BCUT2D eigenvalue weighted by Gasteiger charge is 2.12. The van der Waals surface area contributed by atoms with E-state index >= 15 is 0 Å². The van der Waals surface area contributed by atoms with Gasteiger partial charge >= 0.3 is 6.16 Å². The molecular weight excluding hydrogens is 208 g/mol. The largest absolute Gasteiger partial charge is 0.511 e. The van der Waals surface area contributed by atoms with Crippen LogP contribution in [0.2, 0.25) is 0 Å². The summed E-state index contributed by atoms with van der Waals surface area (Å²) in [6.45, 7) is 4.79. The average molecular weight is 226 g/mol. The summed E-state index contributed by atoms with van der Waals surface area (Å²) in [5.41, 5.74) is 0.734. The fourth-order valence-electron chi connectivity index (χ4n) is 1.50. The first-order valence-corrected chi connectivity index (χ1v) is 5.64. The molecule has 5 heteroatoms. The lowest BCUT2D eigenvalue weighted by atomic mass is 10.1. The number of ether oxygens (including phenoxy) is 1. The van der Waals surface area contributed by atoms with Crippen LogP contribution in [0.15, 0.2) is 6.20 Å². The summed E-state index contributed by atoms with van der Waals surface area (Å²) in [7, 11) is 0. The Morgan fingerprint density at radius 3 is 2.81 bits per heavy atom. The second kappa shape index (κ2) is 6.15. The first-order valence-electron chi connectivity index (χ1n) is 5.64. The lowest BCUT2D eigenvalue weighted by Crippen LogP contribution is -2.04. The minimum Gasteiger partial charge on any atom is -0.449 e. The third kappa shape index (κ3) is 3.56. The van der Waals surface area contributed by atoms with Gasteiger partial charge in [0.1, 0.15) is 5.69 Å². The molecule has 0 amide bonds. The molecule has 0 aliphatic heterocycles. The Hall–Kier alpha value is -1.52. The number of hydrogen-bond donors (Lipinski definition) is 1. The molecule has 0 saturated carbocycles. The van der Waals surface area contributed by atoms with Crippen LogP contribution >= 0.6 is 0 Å². The second-order valence-corrected chi connectivity index (χ2v) is 3.62. The zero-order valence-corrected chi connectivity index (χ0v) is 9.77. The van der Waals surface area contributed by atoms with Crippen LogP contribution in [0.25, 0.3) is 0 Å². The maximum absolute atomic E-state index is 10.5. The predicted molar refractivity (Wildman–Crippen MR) is 59.8 cm³/mol. The Balaban J connectivity index is 2.70. The van der Waals surface area contributed by atoms with Crippen LogP contribution in [0.5, 0.6) is 5.75 Å². The molecule has 0 aliphatic carbocycles. The van der Waals surface area contributed by atoms with Crippen molar-refractivity contribution in [1.29, 1.82) is 0 Å². The maximum atomic E-state index is 10.5. The molecular formula is C11H18N2O3. The van der Waals surface area contributed by atoms with Gasteiger partial charge in [0.25, 0.3) is 0 Å². The predicted octanol–water partition coefficient (Wildman–Crippen LogP) is 2.69. The first-order chi connectivity index (χ1) is 7.67. The summed E-state index contributed by atoms with van der Waals surface area (Å²) in [5.74, 6) is 0.366. The molecule has 0 saturated heterocycles. The van der Waals surface area contributed by atoms with Gasteiger partial charge in [0, 0.05) is 6.54 Å². The van der Waals surface area contributed by atoms with Crippen LogP contribution in [0.1, 0.15) is 38.8 Å². The van der Waals surface area contributed by atoms with Crippen molar-refractivity contribution in [3.63, 3.8) is 0 Å². The summed E-state index contributed by atoms with van der Waals surface area (Å²) >= 11 is 0. The number of hydrogen-bond acceptors (Lipinski definition) is 3. The fraction of sp³-hybridized carbons (Fsp3) is 0.636. The van der Waals surface area contributed by atoms with Gasteiger partial charge in [-0.05, 0) is 19.8 Å². The third-order valence-electron chi connectivity index (χ3n) is 2.34. The van der Waals surface area contributed by atoms with Gasteiger partial charge in [-0.25, -0.2) is 4.79 Å². The van der Waals surface area contributed by atoms with Gasteiger partial charge in [0.05, 0.1) is 6.20 Å². The summed E-state index contributed by atoms with van der Waals surface area (Å²) in [5, 5.41) is 12.9. The number of carboxylic acid groups (broad SMARTS) is 1. The first kappa shape index (κ1) is 12.5. The smallest absolute Gasteiger partial charge is 0.449 e. The minimum atomic E-state index is -1.28. The van der Waals surface area contributed by atoms with Gasteiger partial charge < -0.3 is 9.84 Å². The third-order valence-corrected chi connectivity index (χ3v) is 2.34. The summed E-state index contributed by atoms with van der Waals surface area (Å²) in [6, 6.07) is 0. The Morgan fingerprint density at radius 1 is 1.50 bits per heavy atom. The number of aromatic nitrogens is 2. The van der Waals surface area contributed by atoms with Crippen LogP contribution in [0.4, 0.5) is 4.79 Å². The minimum absolute atomic E-state index is 0.366. The zero-order chi connectivity index (χ0) is 12.0. The molecule has 5 nitrogen and oxygen atoms in total. The Kier molecular flexibility index (Phi) is 4.82.